The lowest BCUT2D eigenvalue weighted by atomic mass is 9.99. The molecule has 11 heteroatoms. The number of likely N-dealkylation sites (N-methyl/N-ethyl adjacent to an activating group) is 1. The Morgan fingerprint density at radius 3 is 2.56 bits per heavy atom. The van der Waals surface area contributed by atoms with Gasteiger partial charge in [-0.25, -0.2) is 13.2 Å². The predicted molar refractivity (Wildman–Crippen MR) is 122 cm³/mol. The van der Waals surface area contributed by atoms with E-state index in [0.29, 0.717) is 12.3 Å². The van der Waals surface area contributed by atoms with Crippen LogP contribution in [0.1, 0.15) is 38.1 Å². The Hall–Kier alpha value is -2.53. The van der Waals surface area contributed by atoms with Crippen molar-refractivity contribution in [1.29, 1.82) is 0 Å². The summed E-state index contributed by atoms with van der Waals surface area (Å²) < 4.78 is 31.8. The summed E-state index contributed by atoms with van der Waals surface area (Å²) in [6.45, 7) is 7.76. The Balaban J connectivity index is 2.43. The molecular weight excluding hydrogens is 436 g/mol. The summed E-state index contributed by atoms with van der Waals surface area (Å²) in [5, 5.41) is 12.5. The molecule has 0 aliphatic carbocycles. The van der Waals surface area contributed by atoms with E-state index in [1.807, 2.05) is 20.8 Å². The third-order valence-corrected chi connectivity index (χ3v) is 5.79. The molecular formula is C21H34N4O6S. The number of amides is 3. The highest BCUT2D eigenvalue weighted by molar-refractivity contribution is 7.92. The van der Waals surface area contributed by atoms with Gasteiger partial charge in [0.1, 0.15) is 11.9 Å². The van der Waals surface area contributed by atoms with Gasteiger partial charge >= 0.3 is 6.03 Å². The molecule has 0 unspecified atom stereocenters. The molecule has 1 aliphatic rings. The van der Waals surface area contributed by atoms with Gasteiger partial charge in [0.25, 0.3) is 5.91 Å². The van der Waals surface area contributed by atoms with Crippen LogP contribution in [0.4, 0.5) is 10.5 Å². The van der Waals surface area contributed by atoms with Crippen LogP contribution < -0.4 is 14.8 Å². The normalized spacial score (nSPS) is 20.0. The molecule has 1 heterocycles. The average Bonchev–Trinajstić information content (AvgIpc) is 2.68. The highest BCUT2D eigenvalue weighted by Crippen LogP contribution is 2.30. The number of aliphatic hydroxyl groups excluding tert-OH is 1. The Bertz CT molecular complexity index is 936. The first-order valence-electron chi connectivity index (χ1n) is 10.5. The number of hydrogen-bond donors (Lipinski definition) is 3. The monoisotopic (exact) mass is 470 g/mol. The molecule has 2 rings (SSSR count). The third-order valence-electron chi connectivity index (χ3n) is 5.18. The summed E-state index contributed by atoms with van der Waals surface area (Å²) >= 11 is 0. The highest BCUT2D eigenvalue weighted by atomic mass is 32.2. The van der Waals surface area contributed by atoms with Crippen LogP contribution in [0.5, 0.6) is 5.75 Å². The number of ether oxygens (including phenoxy) is 1. The Labute approximate surface area is 190 Å². The number of rotatable bonds is 7. The molecule has 0 spiro atoms. The number of anilines is 1. The van der Waals surface area contributed by atoms with E-state index in [1.54, 1.807) is 24.9 Å². The number of nitrogens with zero attached hydrogens (tertiary/aromatic N) is 2. The summed E-state index contributed by atoms with van der Waals surface area (Å²) in [6.07, 6.45) is 0.588. The topological polar surface area (TPSA) is 128 Å². The molecule has 0 fully saturated rings. The number of sulfonamides is 1. The van der Waals surface area contributed by atoms with Crippen molar-refractivity contribution >= 4 is 27.6 Å². The van der Waals surface area contributed by atoms with Crippen LogP contribution in [-0.2, 0) is 10.0 Å². The van der Waals surface area contributed by atoms with Crippen LogP contribution >= 0.6 is 0 Å². The van der Waals surface area contributed by atoms with Gasteiger partial charge in [-0.2, -0.15) is 0 Å². The second-order valence-corrected chi connectivity index (χ2v) is 10.4. The van der Waals surface area contributed by atoms with Gasteiger partial charge in [0.05, 0.1) is 31.0 Å². The number of fused-ring (bicyclic) bond motifs is 1. The Kier molecular flexibility index (Phi) is 8.35. The van der Waals surface area contributed by atoms with Crippen LogP contribution in [0.15, 0.2) is 18.2 Å². The van der Waals surface area contributed by atoms with Gasteiger partial charge < -0.3 is 25.0 Å². The maximum atomic E-state index is 13.3. The van der Waals surface area contributed by atoms with E-state index >= 15 is 0 Å². The van der Waals surface area contributed by atoms with Crippen molar-refractivity contribution in [2.45, 2.75) is 45.9 Å². The number of urea groups is 1. The van der Waals surface area contributed by atoms with Crippen molar-refractivity contribution in [3.63, 3.8) is 0 Å². The summed E-state index contributed by atoms with van der Waals surface area (Å²) in [5.41, 5.74) is 0.420. The fourth-order valence-electron chi connectivity index (χ4n) is 3.43. The first-order valence-corrected chi connectivity index (χ1v) is 12.4. The predicted octanol–water partition coefficient (Wildman–Crippen LogP) is 1.33. The van der Waals surface area contributed by atoms with Crippen LogP contribution in [0, 0.1) is 5.92 Å². The number of aliphatic hydroxyl groups is 1. The zero-order valence-corrected chi connectivity index (χ0v) is 20.3. The molecule has 0 bridgehead atoms. The zero-order valence-electron chi connectivity index (χ0n) is 19.5. The smallest absolute Gasteiger partial charge is 0.317 e. The number of carbonyl (C=O) groups is 2. The Morgan fingerprint density at radius 2 is 2.00 bits per heavy atom. The van der Waals surface area contributed by atoms with Crippen LogP contribution in [0.25, 0.3) is 0 Å². The molecule has 3 atom stereocenters. The summed E-state index contributed by atoms with van der Waals surface area (Å²) in [5.74, 6) is -0.225. The van der Waals surface area contributed by atoms with E-state index in [4.69, 9.17) is 4.74 Å². The standard InChI is InChI=1S/C21H34N4O6S/c1-13(2)22-21(28)24(5)11-19-14(3)10-25(15(4)12-26)20(27)17-9-16(23-32(6,29)30)7-8-18(17)31-19/h7-9,13-15,19,23,26H,10-12H2,1-6H3,(H,22,28)/t14-,15+,19-/m0/s1. The van der Waals surface area contributed by atoms with Gasteiger partial charge in [-0.3, -0.25) is 9.52 Å². The molecule has 0 saturated carbocycles. The van der Waals surface area contributed by atoms with E-state index in [9.17, 15) is 23.1 Å². The van der Waals surface area contributed by atoms with Crippen molar-refractivity contribution < 1.29 is 27.9 Å². The lowest BCUT2D eigenvalue weighted by molar-refractivity contribution is 0.0366. The third kappa shape index (κ3) is 6.73. The molecule has 10 nitrogen and oxygen atoms in total. The molecule has 32 heavy (non-hydrogen) atoms. The fourth-order valence-corrected chi connectivity index (χ4v) is 3.98. The highest BCUT2D eigenvalue weighted by Gasteiger charge is 2.34. The zero-order chi connectivity index (χ0) is 24.2. The van der Waals surface area contributed by atoms with Gasteiger partial charge in [-0.15, -0.1) is 0 Å². The Morgan fingerprint density at radius 1 is 1.34 bits per heavy atom. The van der Waals surface area contributed by atoms with Crippen molar-refractivity contribution in [3.05, 3.63) is 23.8 Å². The van der Waals surface area contributed by atoms with Gasteiger partial charge in [0.2, 0.25) is 10.0 Å². The molecule has 0 aromatic heterocycles. The number of nitrogens with one attached hydrogen (secondary N) is 2. The fraction of sp³-hybridized carbons (Fsp3) is 0.619. The molecule has 3 N–H and O–H groups in total. The minimum Gasteiger partial charge on any atom is -0.487 e. The van der Waals surface area contributed by atoms with Crippen LogP contribution in [0.2, 0.25) is 0 Å². The maximum absolute atomic E-state index is 13.3. The SMILES string of the molecule is CC(C)NC(=O)N(C)C[C@@H]1Oc2ccc(NS(C)(=O)=O)cc2C(=O)N([C@H](C)CO)C[C@@H]1C. The van der Waals surface area contributed by atoms with Gasteiger partial charge in [-0.1, -0.05) is 6.92 Å². The van der Waals surface area contributed by atoms with E-state index < -0.39 is 22.2 Å². The first-order chi connectivity index (χ1) is 14.8. The van der Waals surface area contributed by atoms with E-state index in [2.05, 4.69) is 10.0 Å². The largest absolute Gasteiger partial charge is 0.487 e. The molecule has 1 aromatic carbocycles. The minimum atomic E-state index is -3.53. The molecule has 0 radical (unpaired) electrons. The van der Waals surface area contributed by atoms with E-state index in [-0.39, 0.29) is 48.3 Å². The summed E-state index contributed by atoms with van der Waals surface area (Å²) in [7, 11) is -1.86. The number of benzene rings is 1. The second kappa shape index (κ2) is 10.4. The van der Waals surface area contributed by atoms with Gasteiger partial charge in [0, 0.05) is 31.2 Å². The molecule has 0 saturated heterocycles. The molecule has 180 valence electrons. The van der Waals surface area contributed by atoms with Gasteiger partial charge in [0.15, 0.2) is 0 Å². The average molecular weight is 471 g/mol. The van der Waals surface area contributed by atoms with E-state index in [0.717, 1.165) is 6.26 Å². The second-order valence-electron chi connectivity index (χ2n) is 8.69. The van der Waals surface area contributed by atoms with Gasteiger partial charge in [-0.05, 0) is 39.0 Å². The quantitative estimate of drug-likeness (QED) is 0.552. The molecule has 3 amide bonds. The summed E-state index contributed by atoms with van der Waals surface area (Å²) in [6, 6.07) is 3.79. The van der Waals surface area contributed by atoms with Crippen LogP contribution in [-0.4, -0.2) is 86.4 Å². The number of carbonyl (C=O) groups excluding carboxylic acids is 2. The van der Waals surface area contributed by atoms with Crippen LogP contribution in [0.3, 0.4) is 0 Å². The minimum absolute atomic E-state index is 0.0133. The number of hydrogen-bond acceptors (Lipinski definition) is 6. The van der Waals surface area contributed by atoms with Crippen molar-refractivity contribution in [2.24, 2.45) is 5.92 Å². The van der Waals surface area contributed by atoms with Crippen molar-refractivity contribution in [3.8, 4) is 5.75 Å². The maximum Gasteiger partial charge on any atom is 0.317 e. The molecule has 1 aromatic rings. The lowest BCUT2D eigenvalue weighted by Crippen LogP contribution is -2.51. The van der Waals surface area contributed by atoms with E-state index in [1.165, 1.54) is 17.0 Å². The molecule has 1 aliphatic heterocycles. The summed E-state index contributed by atoms with van der Waals surface area (Å²) in [4.78, 5) is 28.8. The first kappa shape index (κ1) is 25.7. The lowest BCUT2D eigenvalue weighted by Gasteiger charge is -2.38. The van der Waals surface area contributed by atoms with Crippen molar-refractivity contribution in [2.75, 3.05) is 37.7 Å². The van der Waals surface area contributed by atoms with Crippen molar-refractivity contribution in [1.82, 2.24) is 15.1 Å².